The van der Waals surface area contributed by atoms with Crippen LogP contribution in [0.4, 0.5) is 4.39 Å². The average molecular weight is 263 g/mol. The largest absolute Gasteiger partial charge is 0.299 e. The quantitative estimate of drug-likeness (QED) is 0.835. The van der Waals surface area contributed by atoms with Crippen LogP contribution in [0, 0.1) is 11.7 Å². The van der Waals surface area contributed by atoms with E-state index >= 15 is 0 Å². The van der Waals surface area contributed by atoms with Gasteiger partial charge in [0.15, 0.2) is 0 Å². The molecule has 1 aliphatic rings. The summed E-state index contributed by atoms with van der Waals surface area (Å²) in [5, 5.41) is 2.21. The molecule has 1 saturated heterocycles. The molecule has 5 heteroatoms. The molecule has 1 aromatic rings. The zero-order valence-corrected chi connectivity index (χ0v) is 10.3. The molecular weight excluding hydrogens is 249 g/mol. The van der Waals surface area contributed by atoms with E-state index in [-0.39, 0.29) is 31.0 Å². The highest BCUT2D eigenvalue weighted by Crippen LogP contribution is 2.18. The standard InChI is InChI=1S/C14H14FNO3/c15-12-4-2-1-3-9(12)7-11(17)8-10-5-6-13(18)16-14(10)19/h1-4,10H,5-8H2,(H,16,18,19). The van der Waals surface area contributed by atoms with Gasteiger partial charge in [0.05, 0.1) is 0 Å². The minimum Gasteiger partial charge on any atom is -0.299 e. The molecule has 2 amide bonds. The van der Waals surface area contributed by atoms with Crippen LogP contribution in [0.15, 0.2) is 24.3 Å². The van der Waals surface area contributed by atoms with E-state index in [9.17, 15) is 18.8 Å². The van der Waals surface area contributed by atoms with E-state index in [1.807, 2.05) is 0 Å². The normalized spacial score (nSPS) is 19.1. The fraction of sp³-hybridized carbons (Fsp3) is 0.357. The van der Waals surface area contributed by atoms with Gasteiger partial charge < -0.3 is 0 Å². The van der Waals surface area contributed by atoms with Gasteiger partial charge >= 0.3 is 0 Å². The Bertz CT molecular complexity index is 527. The molecule has 100 valence electrons. The number of piperidine rings is 1. The summed E-state index contributed by atoms with van der Waals surface area (Å²) in [6, 6.07) is 6.08. The number of nitrogens with one attached hydrogen (secondary N) is 1. The number of hydrogen-bond donors (Lipinski definition) is 1. The number of carbonyl (C=O) groups excluding carboxylic acids is 3. The summed E-state index contributed by atoms with van der Waals surface area (Å²) < 4.78 is 13.4. The second-order valence-electron chi connectivity index (χ2n) is 4.66. The number of benzene rings is 1. The highest BCUT2D eigenvalue weighted by atomic mass is 19.1. The van der Waals surface area contributed by atoms with Gasteiger partial charge in [-0.1, -0.05) is 18.2 Å². The van der Waals surface area contributed by atoms with Gasteiger partial charge in [-0.2, -0.15) is 0 Å². The van der Waals surface area contributed by atoms with Crippen LogP contribution in [0.2, 0.25) is 0 Å². The number of imide groups is 1. The van der Waals surface area contributed by atoms with E-state index < -0.39 is 17.6 Å². The van der Waals surface area contributed by atoms with Crippen molar-refractivity contribution in [1.82, 2.24) is 5.32 Å². The lowest BCUT2D eigenvalue weighted by Gasteiger charge is -2.19. The summed E-state index contributed by atoms with van der Waals surface area (Å²) >= 11 is 0. The fourth-order valence-electron chi connectivity index (χ4n) is 2.13. The van der Waals surface area contributed by atoms with Crippen LogP contribution in [0.3, 0.4) is 0 Å². The molecular formula is C14H14FNO3. The van der Waals surface area contributed by atoms with E-state index in [4.69, 9.17) is 0 Å². The van der Waals surface area contributed by atoms with Crippen molar-refractivity contribution in [3.05, 3.63) is 35.6 Å². The number of carbonyl (C=O) groups is 3. The van der Waals surface area contributed by atoms with E-state index in [0.717, 1.165) is 0 Å². The van der Waals surface area contributed by atoms with Crippen molar-refractivity contribution in [2.45, 2.75) is 25.7 Å². The van der Waals surface area contributed by atoms with Crippen LogP contribution in [-0.2, 0) is 20.8 Å². The summed E-state index contributed by atoms with van der Waals surface area (Å²) in [5.74, 6) is -1.79. The molecule has 0 saturated carbocycles. The Labute approximate surface area is 110 Å². The van der Waals surface area contributed by atoms with E-state index in [0.29, 0.717) is 12.0 Å². The SMILES string of the molecule is O=C(Cc1ccccc1F)CC1CCC(=O)NC1=O. The van der Waals surface area contributed by atoms with Gasteiger partial charge in [-0.25, -0.2) is 4.39 Å². The predicted molar refractivity (Wildman–Crippen MR) is 65.6 cm³/mol. The monoisotopic (exact) mass is 263 g/mol. The third kappa shape index (κ3) is 3.47. The Kier molecular flexibility index (Phi) is 4.04. The van der Waals surface area contributed by atoms with Gasteiger partial charge in [0, 0.05) is 25.2 Å². The summed E-state index contributed by atoms with van der Waals surface area (Å²) in [6.07, 6.45) is 0.662. The fourth-order valence-corrected chi connectivity index (χ4v) is 2.13. The van der Waals surface area contributed by atoms with Crippen LogP contribution >= 0.6 is 0 Å². The average Bonchev–Trinajstić information content (AvgIpc) is 2.36. The number of amides is 2. The van der Waals surface area contributed by atoms with Crippen molar-refractivity contribution >= 4 is 17.6 Å². The molecule has 19 heavy (non-hydrogen) atoms. The molecule has 0 radical (unpaired) electrons. The lowest BCUT2D eigenvalue weighted by atomic mass is 9.91. The van der Waals surface area contributed by atoms with Crippen LogP contribution in [0.5, 0.6) is 0 Å². The molecule has 2 rings (SSSR count). The van der Waals surface area contributed by atoms with Gasteiger partial charge in [0.2, 0.25) is 11.8 Å². The van der Waals surface area contributed by atoms with Crippen molar-refractivity contribution in [1.29, 1.82) is 0 Å². The van der Waals surface area contributed by atoms with Gasteiger partial charge in [-0.05, 0) is 18.1 Å². The van der Waals surface area contributed by atoms with Crippen LogP contribution in [0.1, 0.15) is 24.8 Å². The smallest absolute Gasteiger partial charge is 0.230 e. The van der Waals surface area contributed by atoms with E-state index in [2.05, 4.69) is 5.32 Å². The summed E-state index contributed by atoms with van der Waals surface area (Å²) in [7, 11) is 0. The maximum atomic E-state index is 13.4. The number of hydrogen-bond acceptors (Lipinski definition) is 3. The van der Waals surface area contributed by atoms with Crippen LogP contribution < -0.4 is 5.32 Å². The minimum atomic E-state index is -0.475. The molecule has 1 heterocycles. The molecule has 1 N–H and O–H groups in total. The number of rotatable bonds is 4. The number of halogens is 1. The molecule has 1 aromatic carbocycles. The molecule has 0 aliphatic carbocycles. The van der Waals surface area contributed by atoms with Crippen LogP contribution in [0.25, 0.3) is 0 Å². The van der Waals surface area contributed by atoms with Gasteiger partial charge in [0.25, 0.3) is 0 Å². The molecule has 0 spiro atoms. The Balaban J connectivity index is 1.93. The molecule has 1 aliphatic heterocycles. The van der Waals surface area contributed by atoms with Gasteiger partial charge in [-0.15, -0.1) is 0 Å². The zero-order valence-electron chi connectivity index (χ0n) is 10.3. The molecule has 1 fully saturated rings. The second kappa shape index (κ2) is 5.73. The predicted octanol–water partition coefficient (Wildman–Crippen LogP) is 1.38. The van der Waals surface area contributed by atoms with E-state index in [1.54, 1.807) is 18.2 Å². The zero-order chi connectivity index (χ0) is 13.8. The minimum absolute atomic E-state index is 0.0234. The third-order valence-electron chi connectivity index (χ3n) is 3.17. The van der Waals surface area contributed by atoms with Crippen LogP contribution in [-0.4, -0.2) is 17.6 Å². The Morgan fingerprint density at radius 3 is 2.74 bits per heavy atom. The van der Waals surface area contributed by atoms with Crippen molar-refractivity contribution < 1.29 is 18.8 Å². The highest BCUT2D eigenvalue weighted by molar-refractivity contribution is 6.00. The Morgan fingerprint density at radius 2 is 2.05 bits per heavy atom. The lowest BCUT2D eigenvalue weighted by Crippen LogP contribution is -2.41. The molecule has 4 nitrogen and oxygen atoms in total. The second-order valence-corrected chi connectivity index (χ2v) is 4.66. The molecule has 0 bridgehead atoms. The summed E-state index contributed by atoms with van der Waals surface area (Å²) in [5.41, 5.74) is 0.333. The lowest BCUT2D eigenvalue weighted by molar-refractivity contribution is -0.138. The van der Waals surface area contributed by atoms with Crippen molar-refractivity contribution in [3.8, 4) is 0 Å². The first-order valence-electron chi connectivity index (χ1n) is 6.15. The molecule has 0 aromatic heterocycles. The van der Waals surface area contributed by atoms with E-state index in [1.165, 1.54) is 6.07 Å². The third-order valence-corrected chi connectivity index (χ3v) is 3.17. The maximum Gasteiger partial charge on any atom is 0.230 e. The Morgan fingerprint density at radius 1 is 1.32 bits per heavy atom. The first kappa shape index (κ1) is 13.4. The Hall–Kier alpha value is -2.04. The summed E-state index contributed by atoms with van der Waals surface area (Å²) in [4.78, 5) is 34.3. The number of Topliss-reactive ketones (excluding diaryl/α,β-unsaturated/α-hetero) is 1. The number of ketones is 1. The van der Waals surface area contributed by atoms with Crippen molar-refractivity contribution in [2.75, 3.05) is 0 Å². The highest BCUT2D eigenvalue weighted by Gasteiger charge is 2.28. The first-order chi connectivity index (χ1) is 9.06. The summed E-state index contributed by atoms with van der Waals surface area (Å²) in [6.45, 7) is 0. The topological polar surface area (TPSA) is 63.2 Å². The molecule has 1 unspecified atom stereocenters. The van der Waals surface area contributed by atoms with Gasteiger partial charge in [-0.3, -0.25) is 19.7 Å². The van der Waals surface area contributed by atoms with Crippen molar-refractivity contribution in [3.63, 3.8) is 0 Å². The first-order valence-corrected chi connectivity index (χ1v) is 6.15. The van der Waals surface area contributed by atoms with Gasteiger partial charge in [0.1, 0.15) is 11.6 Å². The maximum absolute atomic E-state index is 13.4. The molecule has 1 atom stereocenters. The van der Waals surface area contributed by atoms with Crippen molar-refractivity contribution in [2.24, 2.45) is 5.92 Å².